The zero-order valence-corrected chi connectivity index (χ0v) is 14.1. The molecule has 1 amide bonds. The number of hydrogen-bond donors (Lipinski definition) is 0. The molecule has 1 aliphatic heterocycles. The molecule has 1 fully saturated rings. The Morgan fingerprint density at radius 3 is 2.52 bits per heavy atom. The third-order valence-electron chi connectivity index (χ3n) is 4.10. The number of amides is 1. The maximum absolute atomic E-state index is 12.3. The fourth-order valence-electron chi connectivity index (χ4n) is 2.70. The maximum atomic E-state index is 12.3. The van der Waals surface area contributed by atoms with E-state index in [9.17, 15) is 4.79 Å². The first-order valence-corrected chi connectivity index (χ1v) is 8.20. The van der Waals surface area contributed by atoms with Gasteiger partial charge in [-0.1, -0.05) is 30.1 Å². The lowest BCUT2D eigenvalue weighted by Gasteiger charge is -2.33. The van der Waals surface area contributed by atoms with Gasteiger partial charge in [-0.25, -0.2) is 0 Å². The molecule has 0 aromatic heterocycles. The van der Waals surface area contributed by atoms with Gasteiger partial charge in [0.1, 0.15) is 0 Å². The van der Waals surface area contributed by atoms with Crippen molar-refractivity contribution in [3.63, 3.8) is 0 Å². The summed E-state index contributed by atoms with van der Waals surface area (Å²) >= 11 is 12.1. The van der Waals surface area contributed by atoms with E-state index in [0.29, 0.717) is 22.4 Å². The van der Waals surface area contributed by atoms with Gasteiger partial charge < -0.3 is 9.80 Å². The van der Waals surface area contributed by atoms with Crippen LogP contribution in [0.2, 0.25) is 10.0 Å². The van der Waals surface area contributed by atoms with Crippen molar-refractivity contribution in [3.8, 4) is 0 Å². The van der Waals surface area contributed by atoms with Crippen LogP contribution in [0.3, 0.4) is 0 Å². The zero-order chi connectivity index (χ0) is 15.4. The number of carbonyl (C=O) groups is 1. The lowest BCUT2D eigenvalue weighted by molar-refractivity contribution is -0.118. The molecule has 1 aliphatic rings. The van der Waals surface area contributed by atoms with Gasteiger partial charge in [0, 0.05) is 18.7 Å². The Balaban J connectivity index is 2.14. The molecule has 3 nitrogen and oxygen atoms in total. The van der Waals surface area contributed by atoms with Crippen LogP contribution in [0.1, 0.15) is 26.2 Å². The van der Waals surface area contributed by atoms with Crippen molar-refractivity contribution >= 4 is 34.8 Å². The van der Waals surface area contributed by atoms with Crippen LogP contribution < -0.4 is 4.90 Å². The fraction of sp³-hybridized carbons (Fsp3) is 0.562. The molecule has 1 heterocycles. The average Bonchev–Trinajstić information content (AvgIpc) is 2.49. The van der Waals surface area contributed by atoms with E-state index in [1.54, 1.807) is 12.1 Å². The van der Waals surface area contributed by atoms with Gasteiger partial charge in [0.15, 0.2) is 0 Å². The number of hydrogen-bond acceptors (Lipinski definition) is 2. The first-order valence-electron chi connectivity index (χ1n) is 7.45. The highest BCUT2D eigenvalue weighted by Gasteiger charge is 2.23. The molecule has 0 N–H and O–H groups in total. The third kappa shape index (κ3) is 4.35. The van der Waals surface area contributed by atoms with E-state index in [4.69, 9.17) is 23.2 Å². The Morgan fingerprint density at radius 2 is 1.95 bits per heavy atom. The second kappa shape index (κ2) is 7.48. The number of nitrogens with zero attached hydrogens (tertiary/aromatic N) is 2. The molecule has 0 aliphatic carbocycles. The average molecular weight is 329 g/mol. The normalized spacial score (nSPS) is 17.0. The van der Waals surface area contributed by atoms with Gasteiger partial charge in [-0.15, -0.1) is 0 Å². The van der Waals surface area contributed by atoms with Crippen LogP contribution in [0, 0.1) is 5.92 Å². The molecule has 5 heteroatoms. The van der Waals surface area contributed by atoms with Crippen LogP contribution in [-0.4, -0.2) is 37.5 Å². The lowest BCUT2D eigenvalue weighted by atomic mass is 9.96. The van der Waals surface area contributed by atoms with Gasteiger partial charge in [0.2, 0.25) is 5.91 Å². The smallest absolute Gasteiger partial charge is 0.226 e. The molecule has 0 saturated carbocycles. The Labute approximate surface area is 136 Å². The second-order valence-electron chi connectivity index (χ2n) is 5.70. The Bertz CT molecular complexity index is 499. The molecular weight excluding hydrogens is 307 g/mol. The summed E-state index contributed by atoms with van der Waals surface area (Å²) < 4.78 is 0. The maximum Gasteiger partial charge on any atom is 0.226 e. The van der Waals surface area contributed by atoms with E-state index in [0.717, 1.165) is 38.2 Å². The zero-order valence-electron chi connectivity index (χ0n) is 12.6. The minimum Gasteiger partial charge on any atom is -0.312 e. The number of rotatable bonds is 4. The number of piperidine rings is 1. The topological polar surface area (TPSA) is 23.6 Å². The number of halogens is 2. The molecule has 0 radical (unpaired) electrons. The molecule has 0 bridgehead atoms. The summed E-state index contributed by atoms with van der Waals surface area (Å²) in [7, 11) is 2.14. The van der Waals surface area contributed by atoms with Crippen molar-refractivity contribution in [2.45, 2.75) is 26.2 Å². The quantitative estimate of drug-likeness (QED) is 0.831. The standard InChI is InChI=1S/C16H22Cl2N2O/c1-3-16(21)20(11-12-6-8-19(2)9-7-12)13-4-5-14(17)15(18)10-13/h4-5,10,12H,3,6-9,11H2,1-2H3. The predicted octanol–water partition coefficient (Wildman–Crippen LogP) is 4.08. The van der Waals surface area contributed by atoms with Gasteiger partial charge >= 0.3 is 0 Å². The second-order valence-corrected chi connectivity index (χ2v) is 6.52. The van der Waals surface area contributed by atoms with E-state index in [2.05, 4.69) is 11.9 Å². The van der Waals surface area contributed by atoms with E-state index >= 15 is 0 Å². The van der Waals surface area contributed by atoms with Crippen LogP contribution in [0.4, 0.5) is 5.69 Å². The van der Waals surface area contributed by atoms with Crippen LogP contribution in [0.25, 0.3) is 0 Å². The van der Waals surface area contributed by atoms with Gasteiger partial charge in [0.05, 0.1) is 10.0 Å². The van der Waals surface area contributed by atoms with E-state index in [-0.39, 0.29) is 5.91 Å². The first-order chi connectivity index (χ1) is 10.0. The van der Waals surface area contributed by atoms with Gasteiger partial charge in [0.25, 0.3) is 0 Å². The molecule has 0 unspecified atom stereocenters. The molecule has 0 spiro atoms. The monoisotopic (exact) mass is 328 g/mol. The molecule has 0 atom stereocenters. The van der Waals surface area contributed by atoms with Crippen LogP contribution in [0.15, 0.2) is 18.2 Å². The summed E-state index contributed by atoms with van der Waals surface area (Å²) in [5.41, 5.74) is 0.843. The van der Waals surface area contributed by atoms with Gasteiger partial charge in [-0.2, -0.15) is 0 Å². The van der Waals surface area contributed by atoms with Crippen molar-refractivity contribution in [1.82, 2.24) is 4.90 Å². The molecule has 2 rings (SSSR count). The molecule has 1 saturated heterocycles. The van der Waals surface area contributed by atoms with Crippen molar-refractivity contribution in [1.29, 1.82) is 0 Å². The summed E-state index contributed by atoms with van der Waals surface area (Å²) in [5, 5.41) is 1.01. The number of anilines is 1. The number of benzene rings is 1. The highest BCUT2D eigenvalue weighted by Crippen LogP contribution is 2.29. The Morgan fingerprint density at radius 1 is 1.29 bits per heavy atom. The van der Waals surface area contributed by atoms with E-state index < -0.39 is 0 Å². The Hall–Kier alpha value is -0.770. The number of likely N-dealkylation sites (tertiary alicyclic amines) is 1. The van der Waals surface area contributed by atoms with Crippen LogP contribution in [0.5, 0.6) is 0 Å². The number of carbonyl (C=O) groups excluding carboxylic acids is 1. The summed E-state index contributed by atoms with van der Waals surface area (Å²) in [5.74, 6) is 0.679. The molecular formula is C16H22Cl2N2O. The molecule has 1 aromatic rings. The highest BCUT2D eigenvalue weighted by atomic mass is 35.5. The molecule has 116 valence electrons. The minimum absolute atomic E-state index is 0.132. The summed E-state index contributed by atoms with van der Waals surface area (Å²) in [4.78, 5) is 16.5. The van der Waals surface area contributed by atoms with E-state index in [1.165, 1.54) is 0 Å². The van der Waals surface area contributed by atoms with Crippen molar-refractivity contribution < 1.29 is 4.79 Å². The van der Waals surface area contributed by atoms with Gasteiger partial charge in [-0.3, -0.25) is 4.79 Å². The largest absolute Gasteiger partial charge is 0.312 e. The molecule has 21 heavy (non-hydrogen) atoms. The van der Waals surface area contributed by atoms with Gasteiger partial charge in [-0.05, 0) is 57.1 Å². The van der Waals surface area contributed by atoms with Crippen molar-refractivity contribution in [2.75, 3.05) is 31.6 Å². The van der Waals surface area contributed by atoms with Crippen molar-refractivity contribution in [2.24, 2.45) is 5.92 Å². The summed E-state index contributed by atoms with van der Waals surface area (Å²) in [6.07, 6.45) is 2.75. The molecule has 1 aromatic carbocycles. The van der Waals surface area contributed by atoms with Crippen molar-refractivity contribution in [3.05, 3.63) is 28.2 Å². The summed E-state index contributed by atoms with van der Waals surface area (Å²) in [6.45, 7) is 4.85. The van der Waals surface area contributed by atoms with Crippen LogP contribution in [-0.2, 0) is 4.79 Å². The SMILES string of the molecule is CCC(=O)N(CC1CCN(C)CC1)c1ccc(Cl)c(Cl)c1. The highest BCUT2D eigenvalue weighted by molar-refractivity contribution is 6.42. The summed E-state index contributed by atoms with van der Waals surface area (Å²) in [6, 6.07) is 5.41. The third-order valence-corrected chi connectivity index (χ3v) is 4.84. The lowest BCUT2D eigenvalue weighted by Crippen LogP contribution is -2.39. The minimum atomic E-state index is 0.132. The fourth-order valence-corrected chi connectivity index (χ4v) is 2.99. The van der Waals surface area contributed by atoms with Crippen LogP contribution >= 0.6 is 23.2 Å². The Kier molecular flexibility index (Phi) is 5.91. The van der Waals surface area contributed by atoms with E-state index in [1.807, 2.05) is 17.9 Å². The first kappa shape index (κ1) is 16.6. The predicted molar refractivity (Wildman–Crippen MR) is 89.3 cm³/mol.